The molecule has 50 valence electrons. The molecular weight excluding hydrogens is 274 g/mol. The van der Waals surface area contributed by atoms with Crippen molar-refractivity contribution in [2.45, 2.75) is 0 Å². The Morgan fingerprint density at radius 2 is 1.33 bits per heavy atom. The van der Waals surface area contributed by atoms with Crippen molar-refractivity contribution in [2.24, 2.45) is 0 Å². The maximum atomic E-state index is 8.81. The summed E-state index contributed by atoms with van der Waals surface area (Å²) in [6.07, 6.45) is 0. The van der Waals surface area contributed by atoms with Crippen LogP contribution in [0.2, 0.25) is 0 Å². The van der Waals surface area contributed by atoms with E-state index in [0.29, 0.717) is 0 Å². The molecular formula is H4BKO6Te. The summed E-state index contributed by atoms with van der Waals surface area (Å²) in [7, 11) is -2.42. The Bertz CT molecular complexity index is 57.3. The van der Waals surface area contributed by atoms with E-state index in [1.807, 2.05) is 0 Å². The molecule has 0 rings (SSSR count). The molecule has 0 aliphatic carbocycles. The second kappa shape index (κ2) is 12.7. The van der Waals surface area contributed by atoms with Gasteiger partial charge in [0.25, 0.3) is 0 Å². The SMILES string of the molecule is O=[Te](O)O.[K+].[O-]B(O)O. The summed E-state index contributed by atoms with van der Waals surface area (Å²) in [5, 5.41) is 22.8. The molecule has 0 saturated heterocycles. The van der Waals surface area contributed by atoms with Crippen molar-refractivity contribution in [1.82, 2.24) is 0 Å². The molecule has 0 fully saturated rings. The molecule has 0 amide bonds. The molecule has 9 heteroatoms. The van der Waals surface area contributed by atoms with Gasteiger partial charge in [-0.2, -0.15) is 0 Å². The van der Waals surface area contributed by atoms with Gasteiger partial charge in [0.1, 0.15) is 0 Å². The van der Waals surface area contributed by atoms with Gasteiger partial charge < -0.3 is 15.1 Å². The third kappa shape index (κ3) is 151. The predicted molar refractivity (Wildman–Crippen MR) is 21.1 cm³/mol. The van der Waals surface area contributed by atoms with Gasteiger partial charge in [0.2, 0.25) is 0 Å². The Morgan fingerprint density at radius 1 is 1.33 bits per heavy atom. The van der Waals surface area contributed by atoms with Crippen LogP contribution in [0.25, 0.3) is 0 Å². The van der Waals surface area contributed by atoms with Crippen LogP contribution in [-0.2, 0) is 3.10 Å². The smallest absolute Gasteiger partial charge is 0.832 e. The van der Waals surface area contributed by atoms with E-state index in [9.17, 15) is 0 Å². The van der Waals surface area contributed by atoms with Crippen molar-refractivity contribution in [3.05, 3.63) is 0 Å². The van der Waals surface area contributed by atoms with Gasteiger partial charge >= 0.3 is 89.1 Å². The molecule has 0 radical (unpaired) electrons. The van der Waals surface area contributed by atoms with Crippen LogP contribution in [0.4, 0.5) is 0 Å². The van der Waals surface area contributed by atoms with Crippen LogP contribution in [-0.4, -0.2) is 44.7 Å². The molecule has 0 spiro atoms. The Morgan fingerprint density at radius 3 is 1.33 bits per heavy atom. The van der Waals surface area contributed by atoms with Crippen LogP contribution in [0.15, 0.2) is 0 Å². The molecule has 0 saturated carbocycles. The van der Waals surface area contributed by atoms with Gasteiger partial charge in [-0.05, 0) is 0 Å². The molecule has 6 nitrogen and oxygen atoms in total. The number of hydrogen-bond acceptors (Lipinski definition) is 4. The van der Waals surface area contributed by atoms with Gasteiger partial charge in [0, 0.05) is 0 Å². The third-order valence-corrected chi connectivity index (χ3v) is 0. The average Bonchev–Trinajstić information content (AvgIpc) is 1.25. The molecule has 0 aliphatic rings. The largest absolute Gasteiger partial charge is 1.00 e. The first kappa shape index (κ1) is 17.3. The molecule has 0 bridgehead atoms. The van der Waals surface area contributed by atoms with E-state index < -0.39 is 27.7 Å². The van der Waals surface area contributed by atoms with E-state index in [0.717, 1.165) is 0 Å². The van der Waals surface area contributed by atoms with Gasteiger partial charge in [-0.25, -0.2) is 0 Å². The summed E-state index contributed by atoms with van der Waals surface area (Å²) < 4.78 is 23.3. The van der Waals surface area contributed by atoms with Crippen molar-refractivity contribution in [3.63, 3.8) is 0 Å². The molecule has 0 atom stereocenters. The molecule has 0 unspecified atom stereocenters. The average molecular weight is 278 g/mol. The van der Waals surface area contributed by atoms with Crippen molar-refractivity contribution in [3.8, 4) is 0 Å². The first-order valence-electron chi connectivity index (χ1n) is 1.28. The predicted octanol–water partition coefficient (Wildman–Crippen LogP) is -7.29. The van der Waals surface area contributed by atoms with Crippen LogP contribution in [0, 0.1) is 0 Å². The fraction of sp³-hybridized carbons (Fsp3) is 0. The van der Waals surface area contributed by atoms with Gasteiger partial charge in [0.05, 0.1) is 0 Å². The third-order valence-electron chi connectivity index (χ3n) is 0. The Balaban J connectivity index is -0.0000000720. The van der Waals surface area contributed by atoms with Crippen molar-refractivity contribution in [2.75, 3.05) is 0 Å². The normalized spacial score (nSPS) is 6.89. The van der Waals surface area contributed by atoms with E-state index in [-0.39, 0.29) is 51.4 Å². The first-order chi connectivity index (χ1) is 3.46. The van der Waals surface area contributed by atoms with E-state index in [1.54, 1.807) is 0 Å². The Labute approximate surface area is 102 Å². The summed E-state index contributed by atoms with van der Waals surface area (Å²) in [5.74, 6) is 0. The van der Waals surface area contributed by atoms with E-state index in [2.05, 4.69) is 0 Å². The molecule has 4 N–H and O–H groups in total. The minimum absolute atomic E-state index is 0. The quantitative estimate of drug-likeness (QED) is 0.327. The summed E-state index contributed by atoms with van der Waals surface area (Å²) in [5.41, 5.74) is 0. The summed E-state index contributed by atoms with van der Waals surface area (Å²) in [6.45, 7) is 0. The fourth-order valence-electron chi connectivity index (χ4n) is 0. The second-order valence-electron chi connectivity index (χ2n) is 0.557. The minimum Gasteiger partial charge on any atom is -0.832 e. The van der Waals surface area contributed by atoms with E-state index in [1.165, 1.54) is 0 Å². The topological polar surface area (TPSA) is 121 Å². The monoisotopic (exact) mass is 280 g/mol. The molecule has 0 heterocycles. The maximum Gasteiger partial charge on any atom is 1.00 e. The van der Waals surface area contributed by atoms with Crippen molar-refractivity contribution in [1.29, 1.82) is 0 Å². The molecule has 0 aromatic heterocycles. The Kier molecular flexibility index (Phi) is 24.4. The van der Waals surface area contributed by atoms with Crippen LogP contribution >= 0.6 is 0 Å². The standard InChI is InChI=1S/BH2O3.K.H2O3Te/c2-1(3)4;;1-4(2)3/h2-3H;;(H2,1,2,3)/q-1;+1;. The summed E-state index contributed by atoms with van der Waals surface area (Å²) in [4.78, 5) is 0. The molecule has 0 aromatic rings. The van der Waals surface area contributed by atoms with Crippen LogP contribution in [0.3, 0.4) is 0 Å². The maximum absolute atomic E-state index is 8.81. The van der Waals surface area contributed by atoms with Crippen molar-refractivity contribution >= 4 is 27.7 Å². The zero-order valence-electron chi connectivity index (χ0n) is 4.59. The van der Waals surface area contributed by atoms with E-state index in [4.69, 9.17) is 25.1 Å². The van der Waals surface area contributed by atoms with Crippen molar-refractivity contribution < 1.29 is 76.5 Å². The minimum atomic E-state index is -3.61. The number of rotatable bonds is 0. The fourth-order valence-corrected chi connectivity index (χ4v) is 0. The summed E-state index contributed by atoms with van der Waals surface area (Å²) in [6, 6.07) is 0. The zero-order chi connectivity index (χ0) is 7.15. The van der Waals surface area contributed by atoms with Crippen LogP contribution < -0.4 is 56.4 Å². The first-order valence-corrected chi connectivity index (χ1v) is 4.32. The zero-order valence-corrected chi connectivity index (χ0v) is 10.0. The summed E-state index contributed by atoms with van der Waals surface area (Å²) >= 11 is -3.61. The molecule has 9 heavy (non-hydrogen) atoms. The van der Waals surface area contributed by atoms with Gasteiger partial charge in [-0.15, -0.1) is 0 Å². The molecule has 0 aliphatic heterocycles. The van der Waals surface area contributed by atoms with E-state index >= 15 is 0 Å². The van der Waals surface area contributed by atoms with Crippen LogP contribution in [0.1, 0.15) is 0 Å². The second-order valence-corrected chi connectivity index (χ2v) is 1.87. The van der Waals surface area contributed by atoms with Gasteiger partial charge in [-0.1, -0.05) is 0 Å². The van der Waals surface area contributed by atoms with Gasteiger partial charge in [-0.3, -0.25) is 0 Å². The van der Waals surface area contributed by atoms with Gasteiger partial charge in [0.15, 0.2) is 0 Å². The Hall–Kier alpha value is 2.09. The van der Waals surface area contributed by atoms with Crippen LogP contribution in [0.5, 0.6) is 0 Å². The molecule has 0 aromatic carbocycles. The number of hydrogen-bond donors (Lipinski definition) is 4.